The van der Waals surface area contributed by atoms with Gasteiger partial charge in [-0.1, -0.05) is 60.7 Å². The maximum Gasteiger partial charge on any atom is 0.362 e. The van der Waals surface area contributed by atoms with Crippen LogP contribution in [0.3, 0.4) is 0 Å². The van der Waals surface area contributed by atoms with E-state index in [1.54, 1.807) is 48.5 Å². The van der Waals surface area contributed by atoms with Crippen molar-refractivity contribution in [2.75, 3.05) is 0 Å². The van der Waals surface area contributed by atoms with E-state index in [1.807, 2.05) is 12.1 Å². The largest absolute Gasteiger partial charge is 0.362 e. The average molecular weight is 272 g/mol. The van der Waals surface area contributed by atoms with E-state index >= 15 is 0 Å². The van der Waals surface area contributed by atoms with Gasteiger partial charge in [0.15, 0.2) is 0 Å². The zero-order valence-corrected chi connectivity index (χ0v) is 10.9. The molecule has 5 heteroatoms. The van der Waals surface area contributed by atoms with Gasteiger partial charge in [0.2, 0.25) is 0 Å². The third-order valence-electron chi connectivity index (χ3n) is 2.27. The van der Waals surface area contributed by atoms with Crippen LogP contribution < -0.4 is 0 Å². The molecule has 0 bridgehead atoms. The Bertz CT molecular complexity index is 622. The number of nitrogens with zero attached hydrogens (tertiary/aromatic N) is 2. The molecular weight excluding hydrogens is 260 g/mol. The molecule has 0 N–H and O–H groups in total. The lowest BCUT2D eigenvalue weighted by molar-refractivity contribution is 0.600. The number of rotatable bonds is 4. The van der Waals surface area contributed by atoms with E-state index in [2.05, 4.69) is 8.80 Å². The zero-order chi connectivity index (χ0) is 13.6. The summed E-state index contributed by atoms with van der Waals surface area (Å²) in [5.41, 5.74) is 1.42. The average Bonchev–Trinajstić information content (AvgIpc) is 2.46. The first-order valence-electron chi connectivity index (χ1n) is 5.61. The lowest BCUT2D eigenvalue weighted by atomic mass is 10.2. The summed E-state index contributed by atoms with van der Waals surface area (Å²) in [6.07, 6.45) is 2.55. The van der Waals surface area contributed by atoms with Crippen LogP contribution in [-0.4, -0.2) is 20.8 Å². The summed E-state index contributed by atoms with van der Waals surface area (Å²) in [6.45, 7) is 0. The van der Waals surface area contributed by atoms with Gasteiger partial charge >= 0.3 is 10.2 Å². The van der Waals surface area contributed by atoms with Crippen LogP contribution in [0.5, 0.6) is 0 Å². The van der Waals surface area contributed by atoms with Crippen molar-refractivity contribution in [2.24, 2.45) is 8.80 Å². The molecule has 0 atom stereocenters. The van der Waals surface area contributed by atoms with Crippen molar-refractivity contribution in [1.82, 2.24) is 0 Å². The van der Waals surface area contributed by atoms with Crippen LogP contribution >= 0.6 is 0 Å². The van der Waals surface area contributed by atoms with Crippen molar-refractivity contribution in [1.29, 1.82) is 0 Å². The molecule has 2 aromatic carbocycles. The lowest BCUT2D eigenvalue weighted by Crippen LogP contribution is -1.93. The molecule has 0 heterocycles. The molecule has 0 aliphatic rings. The van der Waals surface area contributed by atoms with E-state index in [0.717, 1.165) is 0 Å². The van der Waals surface area contributed by atoms with Gasteiger partial charge in [-0.25, -0.2) is 0 Å². The molecule has 0 aromatic heterocycles. The molecule has 0 aliphatic carbocycles. The lowest BCUT2D eigenvalue weighted by Gasteiger charge is -1.92. The Labute approximate surface area is 112 Å². The van der Waals surface area contributed by atoms with Gasteiger partial charge in [0, 0.05) is 12.4 Å². The Morgan fingerprint density at radius 1 is 0.684 bits per heavy atom. The van der Waals surface area contributed by atoms with Gasteiger partial charge in [0.25, 0.3) is 0 Å². The van der Waals surface area contributed by atoms with E-state index in [9.17, 15) is 8.42 Å². The minimum Gasteiger partial charge on any atom is -0.179 e. The first-order valence-corrected chi connectivity index (χ1v) is 7.01. The molecule has 4 nitrogen and oxygen atoms in total. The van der Waals surface area contributed by atoms with E-state index in [-0.39, 0.29) is 0 Å². The highest BCUT2D eigenvalue weighted by Crippen LogP contribution is 2.00. The predicted molar refractivity (Wildman–Crippen MR) is 77.0 cm³/mol. The minimum atomic E-state index is -3.84. The summed E-state index contributed by atoms with van der Waals surface area (Å²) in [7, 11) is -3.84. The SMILES string of the molecule is O=S(=O)(/N=C/c1ccccc1)/N=C/c1ccccc1. The van der Waals surface area contributed by atoms with Gasteiger partial charge in [-0.3, -0.25) is 0 Å². The van der Waals surface area contributed by atoms with Crippen molar-refractivity contribution in [3.05, 3.63) is 71.8 Å². The third kappa shape index (κ3) is 4.48. The second-order valence-electron chi connectivity index (χ2n) is 3.74. The smallest absolute Gasteiger partial charge is 0.179 e. The van der Waals surface area contributed by atoms with E-state index < -0.39 is 10.2 Å². The van der Waals surface area contributed by atoms with Crippen LogP contribution in [0.4, 0.5) is 0 Å². The fourth-order valence-corrected chi connectivity index (χ4v) is 1.92. The summed E-state index contributed by atoms with van der Waals surface area (Å²) < 4.78 is 30.1. The van der Waals surface area contributed by atoms with Gasteiger partial charge < -0.3 is 0 Å². The van der Waals surface area contributed by atoms with E-state index in [1.165, 1.54) is 12.4 Å². The number of hydrogen-bond acceptors (Lipinski definition) is 2. The van der Waals surface area contributed by atoms with Crippen LogP contribution in [0.2, 0.25) is 0 Å². The van der Waals surface area contributed by atoms with Gasteiger partial charge in [0.05, 0.1) is 0 Å². The quantitative estimate of drug-likeness (QED) is 0.803. The summed E-state index contributed by atoms with van der Waals surface area (Å²) in [4.78, 5) is 0. The Kier molecular flexibility index (Phi) is 4.20. The highest BCUT2D eigenvalue weighted by molar-refractivity contribution is 7.89. The highest BCUT2D eigenvalue weighted by atomic mass is 32.2. The van der Waals surface area contributed by atoms with Crippen LogP contribution in [0.15, 0.2) is 69.5 Å². The van der Waals surface area contributed by atoms with Crippen molar-refractivity contribution in [3.8, 4) is 0 Å². The molecule has 0 aliphatic heterocycles. The van der Waals surface area contributed by atoms with E-state index in [4.69, 9.17) is 0 Å². The fraction of sp³-hybridized carbons (Fsp3) is 0. The normalized spacial score (nSPS) is 12.2. The predicted octanol–water partition coefficient (Wildman–Crippen LogP) is 2.47. The molecule has 0 radical (unpaired) electrons. The second kappa shape index (κ2) is 6.06. The summed E-state index contributed by atoms with van der Waals surface area (Å²) in [6, 6.07) is 18.0. The summed E-state index contributed by atoms with van der Waals surface area (Å²) in [5.74, 6) is 0. The number of benzene rings is 2. The molecule has 2 aromatic rings. The molecule has 0 amide bonds. The van der Waals surface area contributed by atoms with Crippen molar-refractivity contribution in [3.63, 3.8) is 0 Å². The van der Waals surface area contributed by atoms with Gasteiger partial charge in [-0.05, 0) is 11.1 Å². The zero-order valence-electron chi connectivity index (χ0n) is 10.0. The molecule has 96 valence electrons. The fourth-order valence-electron chi connectivity index (χ4n) is 1.36. The molecule has 19 heavy (non-hydrogen) atoms. The molecule has 0 saturated carbocycles. The molecule has 0 spiro atoms. The highest BCUT2D eigenvalue weighted by Gasteiger charge is 2.01. The van der Waals surface area contributed by atoms with Crippen LogP contribution in [-0.2, 0) is 10.2 Å². The van der Waals surface area contributed by atoms with Gasteiger partial charge in [-0.2, -0.15) is 17.2 Å². The molecule has 0 unspecified atom stereocenters. The molecular formula is C14H12N2O2S. The first-order chi connectivity index (χ1) is 9.16. The Hall–Kier alpha value is -2.27. The summed E-state index contributed by atoms with van der Waals surface area (Å²) in [5, 5.41) is 0. The van der Waals surface area contributed by atoms with Crippen LogP contribution in [0, 0.1) is 0 Å². The van der Waals surface area contributed by atoms with Crippen molar-refractivity contribution < 1.29 is 8.42 Å². The Morgan fingerprint density at radius 2 is 1.05 bits per heavy atom. The van der Waals surface area contributed by atoms with Gasteiger partial charge in [0.1, 0.15) is 0 Å². The maximum absolute atomic E-state index is 11.6. The molecule has 0 saturated heterocycles. The molecule has 2 rings (SSSR count). The van der Waals surface area contributed by atoms with E-state index in [0.29, 0.717) is 11.1 Å². The van der Waals surface area contributed by atoms with Crippen LogP contribution in [0.1, 0.15) is 11.1 Å². The minimum absolute atomic E-state index is 0.709. The third-order valence-corrected chi connectivity index (χ3v) is 3.01. The molecule has 0 fully saturated rings. The monoisotopic (exact) mass is 272 g/mol. The summed E-state index contributed by atoms with van der Waals surface area (Å²) >= 11 is 0. The van der Waals surface area contributed by atoms with Crippen molar-refractivity contribution >= 4 is 22.6 Å². The first kappa shape index (κ1) is 13.2. The Morgan fingerprint density at radius 3 is 1.42 bits per heavy atom. The maximum atomic E-state index is 11.6. The Balaban J connectivity index is 2.12. The topological polar surface area (TPSA) is 58.9 Å². The second-order valence-corrected chi connectivity index (χ2v) is 5.06. The number of hydrogen-bond donors (Lipinski definition) is 0. The van der Waals surface area contributed by atoms with Gasteiger partial charge in [-0.15, -0.1) is 0 Å². The standard InChI is InChI=1S/C14H12N2O2S/c17-19(18,15-11-13-7-3-1-4-8-13)16-12-14-9-5-2-6-10-14/h1-12H/b15-11+,16-12+. The van der Waals surface area contributed by atoms with Crippen molar-refractivity contribution in [2.45, 2.75) is 0 Å². The van der Waals surface area contributed by atoms with Crippen LogP contribution in [0.25, 0.3) is 0 Å².